The van der Waals surface area contributed by atoms with Crippen molar-refractivity contribution in [3.63, 3.8) is 0 Å². The molecular weight excluding hydrogens is 236 g/mol. The molecule has 2 aliphatic carbocycles. The molecule has 3 heteroatoms. The fraction of sp³-hybridized carbons (Fsp3) is 0.938. The molecule has 0 saturated heterocycles. The second-order valence-corrected chi connectivity index (χ2v) is 6.43. The van der Waals surface area contributed by atoms with E-state index in [1.807, 2.05) is 0 Å². The highest BCUT2D eigenvalue weighted by Gasteiger charge is 2.30. The van der Waals surface area contributed by atoms with Crippen molar-refractivity contribution in [2.24, 2.45) is 17.6 Å². The smallest absolute Gasteiger partial charge is 0.223 e. The van der Waals surface area contributed by atoms with Crippen LogP contribution in [0, 0.1) is 11.8 Å². The predicted molar refractivity (Wildman–Crippen MR) is 78.8 cm³/mol. The van der Waals surface area contributed by atoms with Crippen molar-refractivity contribution in [2.75, 3.05) is 6.54 Å². The van der Waals surface area contributed by atoms with Gasteiger partial charge in [-0.05, 0) is 51.0 Å². The molecule has 2 rings (SSSR count). The molecule has 2 fully saturated rings. The SMILES string of the molecule is NCCCC(C(=O)NC1CCCC1)C1CCCCC1. The lowest BCUT2D eigenvalue weighted by atomic mass is 9.77. The third kappa shape index (κ3) is 4.48. The first-order chi connectivity index (χ1) is 9.31. The Bertz CT molecular complexity index is 268. The normalized spacial score (nSPS) is 23.4. The summed E-state index contributed by atoms with van der Waals surface area (Å²) >= 11 is 0. The highest BCUT2D eigenvalue weighted by Crippen LogP contribution is 2.33. The summed E-state index contributed by atoms with van der Waals surface area (Å²) in [6, 6.07) is 0.455. The summed E-state index contributed by atoms with van der Waals surface area (Å²) in [5.41, 5.74) is 5.64. The van der Waals surface area contributed by atoms with E-state index in [9.17, 15) is 4.79 Å². The zero-order chi connectivity index (χ0) is 13.5. The van der Waals surface area contributed by atoms with Crippen molar-refractivity contribution in [1.82, 2.24) is 5.32 Å². The molecule has 0 radical (unpaired) electrons. The summed E-state index contributed by atoms with van der Waals surface area (Å²) in [5.74, 6) is 1.17. The van der Waals surface area contributed by atoms with E-state index in [2.05, 4.69) is 5.32 Å². The number of nitrogens with two attached hydrogens (primary N) is 1. The van der Waals surface area contributed by atoms with E-state index >= 15 is 0 Å². The van der Waals surface area contributed by atoms with Crippen molar-refractivity contribution in [2.45, 2.75) is 76.7 Å². The molecule has 3 N–H and O–H groups in total. The summed E-state index contributed by atoms with van der Waals surface area (Å²) in [5, 5.41) is 3.31. The van der Waals surface area contributed by atoms with Crippen LogP contribution in [-0.4, -0.2) is 18.5 Å². The van der Waals surface area contributed by atoms with Gasteiger partial charge in [-0.2, -0.15) is 0 Å². The van der Waals surface area contributed by atoms with Crippen LogP contribution in [0.3, 0.4) is 0 Å². The molecule has 19 heavy (non-hydrogen) atoms. The molecule has 2 aliphatic rings. The lowest BCUT2D eigenvalue weighted by Gasteiger charge is -2.30. The minimum absolute atomic E-state index is 0.226. The van der Waals surface area contributed by atoms with E-state index < -0.39 is 0 Å². The molecule has 0 aliphatic heterocycles. The van der Waals surface area contributed by atoms with Crippen LogP contribution in [0.2, 0.25) is 0 Å². The Balaban J connectivity index is 1.88. The van der Waals surface area contributed by atoms with E-state index in [1.165, 1.54) is 57.8 Å². The average Bonchev–Trinajstić information content (AvgIpc) is 2.93. The van der Waals surface area contributed by atoms with Crippen LogP contribution in [0.25, 0.3) is 0 Å². The molecule has 0 bridgehead atoms. The fourth-order valence-corrected chi connectivity index (χ4v) is 3.83. The third-order valence-electron chi connectivity index (χ3n) is 4.98. The molecule has 1 unspecified atom stereocenters. The molecule has 110 valence electrons. The van der Waals surface area contributed by atoms with Gasteiger partial charge in [0.1, 0.15) is 0 Å². The number of rotatable bonds is 6. The van der Waals surface area contributed by atoms with Crippen LogP contribution in [0.4, 0.5) is 0 Å². The summed E-state index contributed by atoms with van der Waals surface area (Å²) in [6.45, 7) is 0.708. The summed E-state index contributed by atoms with van der Waals surface area (Å²) in [4.78, 5) is 12.6. The molecule has 3 nitrogen and oxygen atoms in total. The van der Waals surface area contributed by atoms with Gasteiger partial charge in [0.05, 0.1) is 0 Å². The maximum absolute atomic E-state index is 12.6. The van der Waals surface area contributed by atoms with Gasteiger partial charge in [-0.25, -0.2) is 0 Å². The predicted octanol–water partition coefficient (Wildman–Crippen LogP) is 2.98. The average molecular weight is 266 g/mol. The Hall–Kier alpha value is -0.570. The van der Waals surface area contributed by atoms with Gasteiger partial charge in [-0.15, -0.1) is 0 Å². The van der Waals surface area contributed by atoms with Gasteiger partial charge >= 0.3 is 0 Å². The highest BCUT2D eigenvalue weighted by molar-refractivity contribution is 5.79. The van der Waals surface area contributed by atoms with Gasteiger partial charge in [0, 0.05) is 12.0 Å². The van der Waals surface area contributed by atoms with Crippen molar-refractivity contribution < 1.29 is 4.79 Å². The van der Waals surface area contributed by atoms with Crippen LogP contribution in [0.15, 0.2) is 0 Å². The lowest BCUT2D eigenvalue weighted by Crippen LogP contribution is -2.40. The highest BCUT2D eigenvalue weighted by atomic mass is 16.1. The second kappa shape index (κ2) is 7.88. The van der Waals surface area contributed by atoms with Gasteiger partial charge in [0.25, 0.3) is 0 Å². The first kappa shape index (κ1) is 14.8. The monoisotopic (exact) mass is 266 g/mol. The maximum atomic E-state index is 12.6. The summed E-state index contributed by atoms with van der Waals surface area (Å²) in [7, 11) is 0. The molecule has 0 spiro atoms. The largest absolute Gasteiger partial charge is 0.353 e. The van der Waals surface area contributed by atoms with Crippen molar-refractivity contribution in [3.05, 3.63) is 0 Å². The number of hydrogen-bond acceptors (Lipinski definition) is 2. The number of carbonyl (C=O) groups is 1. The maximum Gasteiger partial charge on any atom is 0.223 e. The number of hydrogen-bond donors (Lipinski definition) is 2. The van der Waals surface area contributed by atoms with E-state index in [0.717, 1.165) is 12.8 Å². The minimum Gasteiger partial charge on any atom is -0.353 e. The molecule has 0 aromatic rings. The van der Waals surface area contributed by atoms with E-state index in [0.29, 0.717) is 24.4 Å². The molecule has 0 aromatic heterocycles. The van der Waals surface area contributed by atoms with E-state index in [1.54, 1.807) is 0 Å². The standard InChI is InChI=1S/C16H30N2O/c17-12-6-11-15(13-7-2-1-3-8-13)16(19)18-14-9-4-5-10-14/h13-15H,1-12,17H2,(H,18,19). The van der Waals surface area contributed by atoms with Gasteiger partial charge in [0.2, 0.25) is 5.91 Å². The van der Waals surface area contributed by atoms with Crippen LogP contribution in [-0.2, 0) is 4.79 Å². The van der Waals surface area contributed by atoms with Gasteiger partial charge in [0.15, 0.2) is 0 Å². The fourth-order valence-electron chi connectivity index (χ4n) is 3.83. The molecule has 2 saturated carbocycles. The van der Waals surface area contributed by atoms with Crippen molar-refractivity contribution in [3.8, 4) is 0 Å². The Morgan fingerprint density at radius 2 is 1.68 bits per heavy atom. The van der Waals surface area contributed by atoms with Crippen LogP contribution in [0.1, 0.15) is 70.6 Å². The number of carbonyl (C=O) groups excluding carboxylic acids is 1. The molecule has 1 amide bonds. The quantitative estimate of drug-likeness (QED) is 0.776. The van der Waals surface area contributed by atoms with Crippen molar-refractivity contribution in [1.29, 1.82) is 0 Å². The van der Waals surface area contributed by atoms with Gasteiger partial charge in [-0.1, -0.05) is 32.1 Å². The zero-order valence-electron chi connectivity index (χ0n) is 12.2. The topological polar surface area (TPSA) is 55.1 Å². The lowest BCUT2D eigenvalue weighted by molar-refractivity contribution is -0.128. The zero-order valence-corrected chi connectivity index (χ0v) is 12.2. The molecular formula is C16H30N2O. The Morgan fingerprint density at radius 3 is 2.32 bits per heavy atom. The van der Waals surface area contributed by atoms with Gasteiger partial charge in [-0.3, -0.25) is 4.79 Å². The van der Waals surface area contributed by atoms with E-state index in [4.69, 9.17) is 5.73 Å². The summed E-state index contributed by atoms with van der Waals surface area (Å²) in [6.07, 6.45) is 13.3. The molecule has 0 aromatic carbocycles. The molecule has 0 heterocycles. The first-order valence-electron chi connectivity index (χ1n) is 8.31. The minimum atomic E-state index is 0.226. The Morgan fingerprint density at radius 1 is 1.05 bits per heavy atom. The molecule has 1 atom stereocenters. The second-order valence-electron chi connectivity index (χ2n) is 6.43. The number of nitrogens with one attached hydrogen (secondary N) is 1. The third-order valence-corrected chi connectivity index (χ3v) is 4.98. The number of amides is 1. The summed E-state index contributed by atoms with van der Waals surface area (Å²) < 4.78 is 0. The van der Waals surface area contributed by atoms with Gasteiger partial charge < -0.3 is 11.1 Å². The van der Waals surface area contributed by atoms with Crippen LogP contribution >= 0.6 is 0 Å². The Kier molecular flexibility index (Phi) is 6.15. The van der Waals surface area contributed by atoms with Crippen molar-refractivity contribution >= 4 is 5.91 Å². The van der Waals surface area contributed by atoms with E-state index in [-0.39, 0.29) is 5.92 Å². The Labute approximate surface area is 117 Å². The van der Waals surface area contributed by atoms with Crippen LogP contribution < -0.4 is 11.1 Å². The van der Waals surface area contributed by atoms with Crippen LogP contribution in [0.5, 0.6) is 0 Å². The first-order valence-corrected chi connectivity index (χ1v) is 8.31.